The molecule has 0 aliphatic carbocycles. The van der Waals surface area contributed by atoms with Crippen LogP contribution in [0.5, 0.6) is 5.75 Å². The molecule has 0 fully saturated rings. The first kappa shape index (κ1) is 13.3. The zero-order valence-electron chi connectivity index (χ0n) is 12.0. The summed E-state index contributed by atoms with van der Waals surface area (Å²) in [6, 6.07) is 13.8. The molecule has 1 aliphatic heterocycles. The number of ether oxygens (including phenoxy) is 1. The second-order valence-electron chi connectivity index (χ2n) is 5.15. The lowest BCUT2D eigenvalue weighted by Crippen LogP contribution is -2.31. The molecule has 0 bridgehead atoms. The Kier molecular flexibility index (Phi) is 3.41. The van der Waals surface area contributed by atoms with Gasteiger partial charge in [0.2, 0.25) is 0 Å². The van der Waals surface area contributed by atoms with E-state index in [4.69, 9.17) is 10.5 Å². The maximum atomic E-state index is 9.32. The predicted molar refractivity (Wildman–Crippen MR) is 83.3 cm³/mol. The number of benzene rings is 2. The molecule has 4 heteroatoms. The minimum absolute atomic E-state index is 0.661. The molecule has 0 aromatic heterocycles. The highest BCUT2D eigenvalue weighted by Crippen LogP contribution is 2.32. The molecular formula is C17H17N3O. The number of nitrogens with two attached hydrogens (primary N) is 1. The maximum Gasteiger partial charge on any atom is 0.121 e. The summed E-state index contributed by atoms with van der Waals surface area (Å²) in [7, 11) is 1.63. The number of hydrogen-bond donors (Lipinski definition) is 1. The van der Waals surface area contributed by atoms with Gasteiger partial charge in [-0.15, -0.1) is 0 Å². The SMILES string of the molecule is COc1ccc(C#N)c(N2CCc3cccc(N)c3C2)c1. The van der Waals surface area contributed by atoms with Gasteiger partial charge in [-0.3, -0.25) is 0 Å². The van der Waals surface area contributed by atoms with E-state index in [-0.39, 0.29) is 0 Å². The standard InChI is InChI=1S/C17H17N3O/c1-21-14-6-5-13(10-18)17(9-14)20-8-7-12-3-2-4-16(19)15(12)11-20/h2-6,9H,7-8,11,19H2,1H3. The van der Waals surface area contributed by atoms with Gasteiger partial charge < -0.3 is 15.4 Å². The number of nitriles is 1. The molecule has 1 aliphatic rings. The van der Waals surface area contributed by atoms with Crippen LogP contribution in [0.3, 0.4) is 0 Å². The van der Waals surface area contributed by atoms with E-state index in [2.05, 4.69) is 17.0 Å². The number of rotatable bonds is 2. The number of nitrogens with zero attached hydrogens (tertiary/aromatic N) is 2. The Labute approximate surface area is 124 Å². The van der Waals surface area contributed by atoms with Crippen molar-refractivity contribution < 1.29 is 4.74 Å². The van der Waals surface area contributed by atoms with Crippen molar-refractivity contribution in [3.05, 3.63) is 53.1 Å². The van der Waals surface area contributed by atoms with Gasteiger partial charge in [0, 0.05) is 24.8 Å². The van der Waals surface area contributed by atoms with Crippen LogP contribution in [0.25, 0.3) is 0 Å². The fraction of sp³-hybridized carbons (Fsp3) is 0.235. The molecule has 2 aromatic rings. The Hall–Kier alpha value is -2.67. The third kappa shape index (κ3) is 2.38. The van der Waals surface area contributed by atoms with Crippen LogP contribution in [0.1, 0.15) is 16.7 Å². The topological polar surface area (TPSA) is 62.3 Å². The van der Waals surface area contributed by atoms with E-state index in [1.165, 1.54) is 5.56 Å². The average molecular weight is 279 g/mol. The first-order valence-corrected chi connectivity index (χ1v) is 6.92. The van der Waals surface area contributed by atoms with Gasteiger partial charge in [0.05, 0.1) is 18.4 Å². The highest BCUT2D eigenvalue weighted by molar-refractivity contribution is 5.64. The van der Waals surface area contributed by atoms with Crippen LogP contribution in [0.4, 0.5) is 11.4 Å². The molecular weight excluding hydrogens is 262 g/mol. The van der Waals surface area contributed by atoms with Gasteiger partial charge in [-0.2, -0.15) is 5.26 Å². The number of fused-ring (bicyclic) bond motifs is 1. The summed E-state index contributed by atoms with van der Waals surface area (Å²) in [6.45, 7) is 1.60. The number of anilines is 2. The fourth-order valence-corrected chi connectivity index (χ4v) is 2.81. The highest BCUT2D eigenvalue weighted by Gasteiger charge is 2.20. The molecule has 0 amide bonds. The largest absolute Gasteiger partial charge is 0.497 e. The quantitative estimate of drug-likeness (QED) is 0.859. The van der Waals surface area contributed by atoms with Crippen LogP contribution in [-0.4, -0.2) is 13.7 Å². The summed E-state index contributed by atoms with van der Waals surface area (Å²) >= 11 is 0. The van der Waals surface area contributed by atoms with E-state index < -0.39 is 0 Å². The van der Waals surface area contributed by atoms with E-state index in [1.807, 2.05) is 24.3 Å². The van der Waals surface area contributed by atoms with Crippen molar-refractivity contribution in [1.29, 1.82) is 5.26 Å². The zero-order valence-corrected chi connectivity index (χ0v) is 12.0. The third-order valence-corrected chi connectivity index (χ3v) is 3.98. The molecule has 0 saturated heterocycles. The van der Waals surface area contributed by atoms with E-state index in [0.29, 0.717) is 5.56 Å². The summed E-state index contributed by atoms with van der Waals surface area (Å²) in [5.41, 5.74) is 10.9. The summed E-state index contributed by atoms with van der Waals surface area (Å²) in [6.07, 6.45) is 0.933. The molecule has 3 rings (SSSR count). The normalized spacial score (nSPS) is 13.4. The number of methoxy groups -OCH3 is 1. The van der Waals surface area contributed by atoms with Crippen molar-refractivity contribution in [1.82, 2.24) is 0 Å². The van der Waals surface area contributed by atoms with Crippen molar-refractivity contribution >= 4 is 11.4 Å². The Bertz CT molecular complexity index is 718. The Morgan fingerprint density at radius 3 is 2.90 bits per heavy atom. The smallest absolute Gasteiger partial charge is 0.121 e. The predicted octanol–water partition coefficient (Wildman–Crippen LogP) is 2.71. The highest BCUT2D eigenvalue weighted by atomic mass is 16.5. The lowest BCUT2D eigenvalue weighted by atomic mass is 9.97. The van der Waals surface area contributed by atoms with Crippen molar-refractivity contribution in [3.8, 4) is 11.8 Å². The van der Waals surface area contributed by atoms with E-state index in [9.17, 15) is 5.26 Å². The fourth-order valence-electron chi connectivity index (χ4n) is 2.81. The molecule has 0 unspecified atom stereocenters. The zero-order chi connectivity index (χ0) is 14.8. The average Bonchev–Trinajstić information content (AvgIpc) is 2.54. The molecule has 1 heterocycles. The molecule has 2 aromatic carbocycles. The van der Waals surface area contributed by atoms with Gasteiger partial charge in [0.15, 0.2) is 0 Å². The van der Waals surface area contributed by atoms with Gasteiger partial charge in [0.1, 0.15) is 11.8 Å². The van der Waals surface area contributed by atoms with E-state index in [1.54, 1.807) is 13.2 Å². The molecule has 0 atom stereocenters. The molecule has 106 valence electrons. The van der Waals surface area contributed by atoms with Crippen molar-refractivity contribution in [3.63, 3.8) is 0 Å². The van der Waals surface area contributed by atoms with Crippen LogP contribution in [0, 0.1) is 11.3 Å². The van der Waals surface area contributed by atoms with Crippen LogP contribution in [-0.2, 0) is 13.0 Å². The Morgan fingerprint density at radius 1 is 1.29 bits per heavy atom. The van der Waals surface area contributed by atoms with Crippen LogP contribution >= 0.6 is 0 Å². The third-order valence-electron chi connectivity index (χ3n) is 3.98. The Balaban J connectivity index is 2.00. The Morgan fingerprint density at radius 2 is 2.14 bits per heavy atom. The minimum Gasteiger partial charge on any atom is -0.497 e. The van der Waals surface area contributed by atoms with Crippen LogP contribution < -0.4 is 15.4 Å². The first-order chi connectivity index (χ1) is 10.2. The maximum absolute atomic E-state index is 9.32. The van der Waals surface area contributed by atoms with Crippen LogP contribution in [0.15, 0.2) is 36.4 Å². The van der Waals surface area contributed by atoms with Crippen molar-refractivity contribution in [2.24, 2.45) is 0 Å². The summed E-state index contributed by atoms with van der Waals surface area (Å²) in [4.78, 5) is 2.19. The molecule has 0 radical (unpaired) electrons. The lowest BCUT2D eigenvalue weighted by molar-refractivity contribution is 0.414. The van der Waals surface area contributed by atoms with Gasteiger partial charge in [-0.1, -0.05) is 12.1 Å². The van der Waals surface area contributed by atoms with E-state index in [0.717, 1.165) is 42.2 Å². The minimum atomic E-state index is 0.661. The van der Waals surface area contributed by atoms with Crippen molar-refractivity contribution in [2.45, 2.75) is 13.0 Å². The molecule has 0 saturated carbocycles. The second kappa shape index (κ2) is 5.37. The monoisotopic (exact) mass is 279 g/mol. The van der Waals surface area contributed by atoms with Crippen molar-refractivity contribution in [2.75, 3.05) is 24.3 Å². The number of nitrogen functional groups attached to an aromatic ring is 1. The van der Waals surface area contributed by atoms with Gasteiger partial charge in [-0.05, 0) is 35.7 Å². The summed E-state index contributed by atoms with van der Waals surface area (Å²) in [5, 5.41) is 9.32. The molecule has 0 spiro atoms. The van der Waals surface area contributed by atoms with Gasteiger partial charge >= 0.3 is 0 Å². The van der Waals surface area contributed by atoms with Gasteiger partial charge in [0.25, 0.3) is 0 Å². The number of hydrogen-bond acceptors (Lipinski definition) is 4. The van der Waals surface area contributed by atoms with Gasteiger partial charge in [-0.25, -0.2) is 0 Å². The lowest BCUT2D eigenvalue weighted by Gasteiger charge is -2.32. The molecule has 4 nitrogen and oxygen atoms in total. The van der Waals surface area contributed by atoms with E-state index >= 15 is 0 Å². The summed E-state index contributed by atoms with van der Waals surface area (Å²) in [5.74, 6) is 0.760. The molecule has 2 N–H and O–H groups in total. The molecule has 21 heavy (non-hydrogen) atoms. The summed E-state index contributed by atoms with van der Waals surface area (Å²) < 4.78 is 5.28. The second-order valence-corrected chi connectivity index (χ2v) is 5.15. The van der Waals surface area contributed by atoms with Crippen LogP contribution in [0.2, 0.25) is 0 Å². The first-order valence-electron chi connectivity index (χ1n) is 6.92.